The number of furan rings is 1. The predicted octanol–water partition coefficient (Wildman–Crippen LogP) is 0.907. The van der Waals surface area contributed by atoms with E-state index in [1.165, 1.54) is 0 Å². The Bertz CT molecular complexity index is 405. The van der Waals surface area contributed by atoms with Crippen LogP contribution in [0.25, 0.3) is 0 Å². The standard InChI is InChI=1S/C14H23N3O2/c1-11-8-16(2)14(18)13(5-6-15)17(9-11)10-12-4-3-7-19-12/h3-4,7,11,13H,5-6,8-10,15H2,1-2H3. The van der Waals surface area contributed by atoms with Crippen LogP contribution in [-0.2, 0) is 11.3 Å². The molecule has 0 aromatic carbocycles. The zero-order valence-electron chi connectivity index (χ0n) is 11.7. The van der Waals surface area contributed by atoms with E-state index in [2.05, 4.69) is 11.8 Å². The molecule has 1 saturated heterocycles. The van der Waals surface area contributed by atoms with Crippen LogP contribution >= 0.6 is 0 Å². The number of hydrogen-bond acceptors (Lipinski definition) is 4. The molecule has 0 saturated carbocycles. The van der Waals surface area contributed by atoms with Crippen molar-refractivity contribution in [1.29, 1.82) is 0 Å². The molecule has 1 fully saturated rings. The molecule has 1 amide bonds. The van der Waals surface area contributed by atoms with Gasteiger partial charge in [0.15, 0.2) is 0 Å². The third kappa shape index (κ3) is 3.36. The first-order valence-electron chi connectivity index (χ1n) is 6.83. The van der Waals surface area contributed by atoms with Crippen molar-refractivity contribution in [3.8, 4) is 0 Å². The molecule has 2 heterocycles. The summed E-state index contributed by atoms with van der Waals surface area (Å²) in [6.07, 6.45) is 2.36. The highest BCUT2D eigenvalue weighted by molar-refractivity contribution is 5.82. The average molecular weight is 265 g/mol. The van der Waals surface area contributed by atoms with Gasteiger partial charge in [-0.15, -0.1) is 0 Å². The highest BCUT2D eigenvalue weighted by atomic mass is 16.3. The monoisotopic (exact) mass is 265 g/mol. The smallest absolute Gasteiger partial charge is 0.239 e. The Morgan fingerprint density at radius 3 is 2.89 bits per heavy atom. The molecule has 106 valence electrons. The van der Waals surface area contributed by atoms with Gasteiger partial charge in [0.05, 0.1) is 18.8 Å². The maximum atomic E-state index is 12.4. The van der Waals surface area contributed by atoms with Crippen molar-refractivity contribution in [3.63, 3.8) is 0 Å². The van der Waals surface area contributed by atoms with E-state index in [1.807, 2.05) is 24.1 Å². The number of hydrogen-bond donors (Lipinski definition) is 1. The molecule has 1 aliphatic heterocycles. The van der Waals surface area contributed by atoms with E-state index in [0.29, 0.717) is 25.4 Å². The summed E-state index contributed by atoms with van der Waals surface area (Å²) >= 11 is 0. The zero-order chi connectivity index (χ0) is 13.8. The number of carbonyl (C=O) groups excluding carboxylic acids is 1. The molecule has 2 N–H and O–H groups in total. The van der Waals surface area contributed by atoms with Gasteiger partial charge in [-0.2, -0.15) is 0 Å². The SMILES string of the molecule is CC1CN(C)C(=O)C(CCN)N(Cc2ccco2)C1. The Morgan fingerprint density at radius 1 is 1.47 bits per heavy atom. The number of nitrogens with two attached hydrogens (primary N) is 1. The Kier molecular flexibility index (Phi) is 4.61. The van der Waals surface area contributed by atoms with E-state index >= 15 is 0 Å². The van der Waals surface area contributed by atoms with Gasteiger partial charge in [0.1, 0.15) is 5.76 Å². The van der Waals surface area contributed by atoms with Gasteiger partial charge in [0.2, 0.25) is 5.91 Å². The third-order valence-electron chi connectivity index (χ3n) is 3.61. The molecule has 0 aliphatic carbocycles. The Morgan fingerprint density at radius 2 is 2.26 bits per heavy atom. The van der Waals surface area contributed by atoms with Crippen LogP contribution in [0.2, 0.25) is 0 Å². The summed E-state index contributed by atoms with van der Waals surface area (Å²) < 4.78 is 5.40. The van der Waals surface area contributed by atoms with Crippen molar-refractivity contribution in [2.24, 2.45) is 11.7 Å². The lowest BCUT2D eigenvalue weighted by atomic mass is 10.1. The molecule has 0 bridgehead atoms. The summed E-state index contributed by atoms with van der Waals surface area (Å²) in [5, 5.41) is 0. The van der Waals surface area contributed by atoms with Crippen LogP contribution in [0.4, 0.5) is 0 Å². The molecular weight excluding hydrogens is 242 g/mol. The van der Waals surface area contributed by atoms with E-state index in [0.717, 1.165) is 18.8 Å². The topological polar surface area (TPSA) is 62.7 Å². The molecule has 2 atom stereocenters. The zero-order valence-corrected chi connectivity index (χ0v) is 11.7. The van der Waals surface area contributed by atoms with Crippen molar-refractivity contribution in [3.05, 3.63) is 24.2 Å². The number of amides is 1. The van der Waals surface area contributed by atoms with Gasteiger partial charge in [-0.05, 0) is 31.0 Å². The first-order valence-corrected chi connectivity index (χ1v) is 6.83. The lowest BCUT2D eigenvalue weighted by Crippen LogP contribution is -2.45. The first-order chi connectivity index (χ1) is 9.11. The molecule has 5 heteroatoms. The summed E-state index contributed by atoms with van der Waals surface area (Å²) in [6.45, 7) is 5.05. The van der Waals surface area contributed by atoms with Gasteiger partial charge in [0, 0.05) is 20.1 Å². The summed E-state index contributed by atoms with van der Waals surface area (Å²) in [4.78, 5) is 16.4. The van der Waals surface area contributed by atoms with Crippen LogP contribution in [0.15, 0.2) is 22.8 Å². The van der Waals surface area contributed by atoms with Gasteiger partial charge < -0.3 is 15.1 Å². The molecule has 5 nitrogen and oxygen atoms in total. The van der Waals surface area contributed by atoms with E-state index in [4.69, 9.17) is 10.2 Å². The minimum Gasteiger partial charge on any atom is -0.468 e. The van der Waals surface area contributed by atoms with Crippen LogP contribution < -0.4 is 5.73 Å². The lowest BCUT2D eigenvalue weighted by molar-refractivity contribution is -0.134. The normalized spacial score (nSPS) is 25.6. The van der Waals surface area contributed by atoms with Crippen LogP contribution in [0.5, 0.6) is 0 Å². The minimum atomic E-state index is -0.134. The second kappa shape index (κ2) is 6.21. The summed E-state index contributed by atoms with van der Waals surface area (Å²) in [5.74, 6) is 1.51. The molecule has 1 aromatic rings. The number of rotatable bonds is 4. The summed E-state index contributed by atoms with van der Waals surface area (Å²) in [7, 11) is 1.87. The highest BCUT2D eigenvalue weighted by Crippen LogP contribution is 2.19. The van der Waals surface area contributed by atoms with Gasteiger partial charge in [-0.3, -0.25) is 9.69 Å². The summed E-state index contributed by atoms with van der Waals surface area (Å²) in [5.41, 5.74) is 5.67. The molecule has 0 radical (unpaired) electrons. The minimum absolute atomic E-state index is 0.134. The van der Waals surface area contributed by atoms with Crippen molar-refractivity contribution >= 4 is 5.91 Å². The van der Waals surface area contributed by atoms with E-state index in [-0.39, 0.29) is 11.9 Å². The first kappa shape index (κ1) is 14.1. The molecule has 1 aromatic heterocycles. The summed E-state index contributed by atoms with van der Waals surface area (Å²) in [6, 6.07) is 3.69. The van der Waals surface area contributed by atoms with Gasteiger partial charge in [-0.1, -0.05) is 6.92 Å². The quantitative estimate of drug-likeness (QED) is 0.879. The second-order valence-electron chi connectivity index (χ2n) is 5.43. The molecule has 19 heavy (non-hydrogen) atoms. The fourth-order valence-corrected chi connectivity index (χ4v) is 2.79. The van der Waals surface area contributed by atoms with Crippen molar-refractivity contribution in [1.82, 2.24) is 9.80 Å². The van der Waals surface area contributed by atoms with Gasteiger partial charge >= 0.3 is 0 Å². The lowest BCUT2D eigenvalue weighted by Gasteiger charge is -2.29. The van der Waals surface area contributed by atoms with Crippen LogP contribution in [0.3, 0.4) is 0 Å². The number of likely N-dealkylation sites (N-methyl/N-ethyl adjacent to an activating group) is 1. The van der Waals surface area contributed by atoms with Gasteiger partial charge in [0.25, 0.3) is 0 Å². The van der Waals surface area contributed by atoms with E-state index in [9.17, 15) is 4.79 Å². The second-order valence-corrected chi connectivity index (χ2v) is 5.43. The van der Waals surface area contributed by atoms with Crippen LogP contribution in [0, 0.1) is 5.92 Å². The number of nitrogens with zero attached hydrogens (tertiary/aromatic N) is 2. The van der Waals surface area contributed by atoms with Crippen LogP contribution in [-0.4, -0.2) is 48.4 Å². The van der Waals surface area contributed by atoms with Crippen molar-refractivity contribution in [2.75, 3.05) is 26.7 Å². The molecular formula is C14H23N3O2. The highest BCUT2D eigenvalue weighted by Gasteiger charge is 2.33. The molecule has 0 spiro atoms. The number of carbonyl (C=O) groups is 1. The Balaban J connectivity index is 2.17. The van der Waals surface area contributed by atoms with E-state index in [1.54, 1.807) is 6.26 Å². The van der Waals surface area contributed by atoms with Crippen molar-refractivity contribution < 1.29 is 9.21 Å². The van der Waals surface area contributed by atoms with Crippen LogP contribution in [0.1, 0.15) is 19.1 Å². The van der Waals surface area contributed by atoms with Crippen molar-refractivity contribution in [2.45, 2.75) is 25.9 Å². The fourth-order valence-electron chi connectivity index (χ4n) is 2.79. The average Bonchev–Trinajstić information content (AvgIpc) is 2.83. The molecule has 2 unspecified atom stereocenters. The van der Waals surface area contributed by atoms with Gasteiger partial charge in [-0.25, -0.2) is 0 Å². The van der Waals surface area contributed by atoms with E-state index < -0.39 is 0 Å². The molecule has 1 aliphatic rings. The predicted molar refractivity (Wildman–Crippen MR) is 73.4 cm³/mol. The fraction of sp³-hybridized carbons (Fsp3) is 0.643. The largest absolute Gasteiger partial charge is 0.468 e. The third-order valence-corrected chi connectivity index (χ3v) is 3.61. The Labute approximate surface area is 114 Å². The maximum Gasteiger partial charge on any atom is 0.239 e. The maximum absolute atomic E-state index is 12.4. The Hall–Kier alpha value is -1.33. The molecule has 2 rings (SSSR count).